The highest BCUT2D eigenvalue weighted by molar-refractivity contribution is 7.16. The molecule has 0 saturated heterocycles. The second kappa shape index (κ2) is 9.15. The van der Waals surface area contributed by atoms with E-state index in [0.717, 1.165) is 39.6 Å². The van der Waals surface area contributed by atoms with Crippen LogP contribution in [0.3, 0.4) is 0 Å². The van der Waals surface area contributed by atoms with Gasteiger partial charge in [-0.15, -0.1) is 11.3 Å². The van der Waals surface area contributed by atoms with Gasteiger partial charge in [0.2, 0.25) is 0 Å². The van der Waals surface area contributed by atoms with Crippen LogP contribution < -0.4 is 4.74 Å². The third-order valence-electron chi connectivity index (χ3n) is 5.68. The highest BCUT2D eigenvalue weighted by Gasteiger charge is 2.35. The number of methoxy groups -OCH3 is 1. The van der Waals surface area contributed by atoms with Gasteiger partial charge >= 0.3 is 12.1 Å². The van der Waals surface area contributed by atoms with Gasteiger partial charge in [-0.2, -0.15) is 18.3 Å². The van der Waals surface area contributed by atoms with Crippen LogP contribution in [0, 0.1) is 0 Å². The highest BCUT2D eigenvalue weighted by atomic mass is 32.1. The summed E-state index contributed by atoms with van der Waals surface area (Å²) in [5, 5.41) is 7.34. The molecule has 0 amide bonds. The van der Waals surface area contributed by atoms with Gasteiger partial charge in [0.15, 0.2) is 4.88 Å². The van der Waals surface area contributed by atoms with Crippen LogP contribution in [0.1, 0.15) is 33.8 Å². The topological polar surface area (TPSA) is 82.0 Å². The average molecular weight is 513 g/mol. The van der Waals surface area contributed by atoms with Crippen molar-refractivity contribution in [3.05, 3.63) is 83.3 Å². The number of fused-ring (bicyclic) bond motifs is 1. The lowest BCUT2D eigenvalue weighted by Crippen LogP contribution is -2.14. The summed E-state index contributed by atoms with van der Waals surface area (Å²) in [6.45, 7) is 1.51. The molecule has 184 valence electrons. The van der Waals surface area contributed by atoms with Gasteiger partial charge in [-0.05, 0) is 30.7 Å². The summed E-state index contributed by atoms with van der Waals surface area (Å²) >= 11 is 1.10. The number of carbonyl (C=O) groups is 1. The molecule has 3 heterocycles. The molecule has 0 saturated carbocycles. The van der Waals surface area contributed by atoms with Gasteiger partial charge in [0, 0.05) is 23.4 Å². The lowest BCUT2D eigenvalue weighted by Gasteiger charge is -2.19. The number of nitrogens with one attached hydrogen (secondary N) is 1. The first kappa shape index (κ1) is 23.6. The number of benzene rings is 2. The van der Waals surface area contributed by atoms with Gasteiger partial charge in [0.25, 0.3) is 0 Å². The van der Waals surface area contributed by atoms with Crippen molar-refractivity contribution >= 4 is 28.3 Å². The smallest absolute Gasteiger partial charge is 0.416 e. The molecule has 0 bridgehead atoms. The van der Waals surface area contributed by atoms with E-state index in [2.05, 4.69) is 15.2 Å². The summed E-state index contributed by atoms with van der Waals surface area (Å²) in [5.74, 6) is -0.521. The van der Waals surface area contributed by atoms with Gasteiger partial charge in [-0.3, -0.25) is 9.67 Å². The zero-order valence-corrected chi connectivity index (χ0v) is 19.9. The van der Waals surface area contributed by atoms with Crippen molar-refractivity contribution in [1.29, 1.82) is 0 Å². The molecule has 3 aromatic heterocycles. The predicted molar refractivity (Wildman–Crippen MR) is 128 cm³/mol. The number of esters is 1. The Morgan fingerprint density at radius 2 is 1.94 bits per heavy atom. The Kier molecular flexibility index (Phi) is 6.00. The van der Waals surface area contributed by atoms with E-state index in [0.29, 0.717) is 5.00 Å². The van der Waals surface area contributed by atoms with Crippen molar-refractivity contribution in [3.8, 4) is 21.9 Å². The van der Waals surface area contributed by atoms with E-state index in [9.17, 15) is 18.0 Å². The van der Waals surface area contributed by atoms with E-state index in [-0.39, 0.29) is 16.2 Å². The zero-order chi connectivity index (χ0) is 25.4. The van der Waals surface area contributed by atoms with Gasteiger partial charge in [-0.25, -0.2) is 9.78 Å². The van der Waals surface area contributed by atoms with Crippen LogP contribution in [-0.2, 0) is 10.9 Å². The predicted octanol–water partition coefficient (Wildman–Crippen LogP) is 6.42. The quantitative estimate of drug-likeness (QED) is 0.266. The summed E-state index contributed by atoms with van der Waals surface area (Å²) < 4.78 is 53.2. The minimum absolute atomic E-state index is 0.0339. The van der Waals surface area contributed by atoms with E-state index < -0.39 is 23.8 Å². The van der Waals surface area contributed by atoms with Crippen molar-refractivity contribution in [2.24, 2.45) is 0 Å². The lowest BCUT2D eigenvalue weighted by atomic mass is 10.0. The Hall–Kier alpha value is -4.12. The van der Waals surface area contributed by atoms with Crippen LogP contribution in [0.4, 0.5) is 13.2 Å². The van der Waals surface area contributed by atoms with Crippen LogP contribution in [0.2, 0.25) is 0 Å². The number of imidazole rings is 1. The molecule has 5 rings (SSSR count). The number of aromatic amines is 1. The number of carbonyl (C=O) groups excluding carboxylic acids is 1. The van der Waals surface area contributed by atoms with E-state index >= 15 is 0 Å². The molecule has 11 heteroatoms. The molecule has 0 aliphatic heterocycles. The number of aromatic nitrogens is 4. The van der Waals surface area contributed by atoms with Crippen LogP contribution in [0.25, 0.3) is 27.2 Å². The maximum Gasteiger partial charge on any atom is 0.416 e. The van der Waals surface area contributed by atoms with Crippen LogP contribution in [0.15, 0.2) is 67.3 Å². The standard InChI is InChI=1S/C25H19F3N4O3S/c1-14(17-5-3-4-6-18(17)25(26,27)28)35-21-10-22(36-23(21)24(33)34-2)32-13-29-19-9-15(7-8-20(19)32)16-11-30-31-12-16/h3-14H,1-2H3,(H,30,31)/t14-/m1/s1. The van der Waals surface area contributed by atoms with Crippen molar-refractivity contribution in [3.63, 3.8) is 0 Å². The van der Waals surface area contributed by atoms with E-state index in [1.807, 2.05) is 18.2 Å². The molecule has 7 nitrogen and oxygen atoms in total. The third kappa shape index (κ3) is 4.33. The number of rotatable bonds is 6. The minimum Gasteiger partial charge on any atom is -0.484 e. The second-order valence-electron chi connectivity index (χ2n) is 7.92. The fraction of sp³-hybridized carbons (Fsp3) is 0.160. The maximum atomic E-state index is 13.5. The number of hydrogen-bond acceptors (Lipinski definition) is 6. The molecular formula is C25H19F3N4O3S. The van der Waals surface area contributed by atoms with E-state index in [1.54, 1.807) is 29.4 Å². The van der Waals surface area contributed by atoms with Gasteiger partial charge in [0.05, 0.1) is 29.9 Å². The van der Waals surface area contributed by atoms with Crippen LogP contribution in [0.5, 0.6) is 5.75 Å². The van der Waals surface area contributed by atoms with Crippen LogP contribution in [-0.4, -0.2) is 32.8 Å². The van der Waals surface area contributed by atoms with Crippen LogP contribution >= 0.6 is 11.3 Å². The molecular weight excluding hydrogens is 493 g/mol. The molecule has 36 heavy (non-hydrogen) atoms. The van der Waals surface area contributed by atoms with Gasteiger partial charge < -0.3 is 9.47 Å². The summed E-state index contributed by atoms with van der Waals surface area (Å²) in [7, 11) is 1.23. The molecule has 0 aliphatic carbocycles. The molecule has 0 unspecified atom stereocenters. The molecule has 1 atom stereocenters. The number of H-pyrrole nitrogens is 1. The fourth-order valence-electron chi connectivity index (χ4n) is 3.94. The average Bonchev–Trinajstić information content (AvgIpc) is 3.62. The fourth-order valence-corrected chi connectivity index (χ4v) is 4.94. The minimum atomic E-state index is -4.54. The Morgan fingerprint density at radius 1 is 1.14 bits per heavy atom. The number of halogens is 3. The second-order valence-corrected chi connectivity index (χ2v) is 8.95. The molecule has 5 aromatic rings. The highest BCUT2D eigenvalue weighted by Crippen LogP contribution is 2.40. The summed E-state index contributed by atoms with van der Waals surface area (Å²) in [4.78, 5) is 17.1. The van der Waals surface area contributed by atoms with Crippen molar-refractivity contribution in [1.82, 2.24) is 19.7 Å². The maximum absolute atomic E-state index is 13.5. The summed E-state index contributed by atoms with van der Waals surface area (Å²) in [5.41, 5.74) is 2.53. The van der Waals surface area contributed by atoms with Crippen molar-refractivity contribution < 1.29 is 27.4 Å². The Balaban J connectivity index is 1.52. The van der Waals surface area contributed by atoms with Gasteiger partial charge in [-0.1, -0.05) is 24.3 Å². The first-order valence-electron chi connectivity index (χ1n) is 10.8. The molecule has 2 aromatic carbocycles. The summed E-state index contributed by atoms with van der Waals surface area (Å²) in [6, 6.07) is 12.5. The number of ether oxygens (including phenoxy) is 2. The number of thiophene rings is 1. The van der Waals surface area contributed by atoms with E-state index in [4.69, 9.17) is 9.47 Å². The summed E-state index contributed by atoms with van der Waals surface area (Å²) in [6.07, 6.45) is -0.415. The third-order valence-corrected chi connectivity index (χ3v) is 6.78. The molecule has 0 fully saturated rings. The molecule has 1 N–H and O–H groups in total. The Bertz CT molecular complexity index is 1540. The Labute approximate surface area is 207 Å². The lowest BCUT2D eigenvalue weighted by molar-refractivity contribution is -0.139. The van der Waals surface area contributed by atoms with Gasteiger partial charge in [0.1, 0.15) is 23.2 Å². The number of alkyl halides is 3. The Morgan fingerprint density at radius 3 is 2.67 bits per heavy atom. The number of hydrogen-bond donors (Lipinski definition) is 1. The monoisotopic (exact) mass is 512 g/mol. The zero-order valence-electron chi connectivity index (χ0n) is 19.0. The molecule has 0 spiro atoms. The SMILES string of the molecule is COC(=O)c1sc(-n2cnc3cc(-c4cn[nH]c4)ccc32)cc1O[C@H](C)c1ccccc1C(F)(F)F. The first-order chi connectivity index (χ1) is 17.3. The first-order valence-corrected chi connectivity index (χ1v) is 11.6. The van der Waals surface area contributed by atoms with E-state index in [1.165, 1.54) is 32.2 Å². The normalized spacial score (nSPS) is 12.6. The largest absolute Gasteiger partial charge is 0.484 e. The van der Waals surface area contributed by atoms with Crippen molar-refractivity contribution in [2.75, 3.05) is 7.11 Å². The molecule has 0 radical (unpaired) electrons. The van der Waals surface area contributed by atoms with Crippen molar-refractivity contribution in [2.45, 2.75) is 19.2 Å². The number of nitrogens with zero attached hydrogens (tertiary/aromatic N) is 3. The molecule has 0 aliphatic rings.